The number of nitrogens with two attached hydrogens (primary N) is 1. The van der Waals surface area contributed by atoms with Crippen molar-refractivity contribution in [1.82, 2.24) is 0 Å². The van der Waals surface area contributed by atoms with Crippen molar-refractivity contribution >= 4 is 15.5 Å². The lowest BCUT2D eigenvalue weighted by Gasteiger charge is -2.11. The Kier molecular flexibility index (Phi) is 5.44. The molecule has 2 N–H and O–H groups in total. The molecule has 0 aliphatic carbocycles. The standard InChI is InChI=1S/C13H18F3NO2S/c1-2-3-4-5-8-20(18,19)12-7-6-10(9-11(12)17)13(14,15)16/h6-7,9H,2-5,8,17H2,1H3. The summed E-state index contributed by atoms with van der Waals surface area (Å²) in [6.07, 6.45) is -1.37. The highest BCUT2D eigenvalue weighted by Crippen LogP contribution is 2.32. The Labute approximate surface area is 116 Å². The van der Waals surface area contributed by atoms with Crippen LogP contribution in [0.2, 0.25) is 0 Å². The largest absolute Gasteiger partial charge is 0.416 e. The highest BCUT2D eigenvalue weighted by atomic mass is 32.2. The van der Waals surface area contributed by atoms with Gasteiger partial charge in [0.1, 0.15) is 0 Å². The number of benzene rings is 1. The Morgan fingerprint density at radius 3 is 2.30 bits per heavy atom. The van der Waals surface area contributed by atoms with Crippen molar-refractivity contribution in [3.05, 3.63) is 23.8 Å². The summed E-state index contributed by atoms with van der Waals surface area (Å²) in [6.45, 7) is 2.00. The summed E-state index contributed by atoms with van der Waals surface area (Å²) in [5.41, 5.74) is 4.16. The zero-order valence-corrected chi connectivity index (χ0v) is 12.0. The van der Waals surface area contributed by atoms with Crippen LogP contribution >= 0.6 is 0 Å². The fraction of sp³-hybridized carbons (Fsp3) is 0.538. The van der Waals surface area contributed by atoms with Crippen LogP contribution < -0.4 is 5.73 Å². The summed E-state index contributed by atoms with van der Waals surface area (Å²) >= 11 is 0. The van der Waals surface area contributed by atoms with Gasteiger partial charge in [0.15, 0.2) is 9.84 Å². The maximum Gasteiger partial charge on any atom is 0.416 e. The predicted octanol–water partition coefficient (Wildman–Crippen LogP) is 3.64. The van der Waals surface area contributed by atoms with E-state index >= 15 is 0 Å². The number of rotatable bonds is 6. The molecule has 0 unspecified atom stereocenters. The van der Waals surface area contributed by atoms with E-state index in [1.807, 2.05) is 6.92 Å². The van der Waals surface area contributed by atoms with Crippen molar-refractivity contribution in [3.8, 4) is 0 Å². The first-order valence-corrected chi connectivity index (χ1v) is 8.03. The van der Waals surface area contributed by atoms with E-state index in [4.69, 9.17) is 5.73 Å². The van der Waals surface area contributed by atoms with E-state index < -0.39 is 21.6 Å². The SMILES string of the molecule is CCCCCCS(=O)(=O)c1ccc(C(F)(F)F)cc1N. The molecule has 114 valence electrons. The molecule has 0 saturated heterocycles. The fourth-order valence-corrected chi connectivity index (χ4v) is 3.33. The van der Waals surface area contributed by atoms with Crippen molar-refractivity contribution in [3.63, 3.8) is 0 Å². The number of hydrogen-bond donors (Lipinski definition) is 1. The summed E-state index contributed by atoms with van der Waals surface area (Å²) in [6, 6.07) is 2.35. The van der Waals surface area contributed by atoms with Gasteiger partial charge in [0.05, 0.1) is 21.9 Å². The normalized spacial score (nSPS) is 12.6. The van der Waals surface area contributed by atoms with Gasteiger partial charge in [-0.3, -0.25) is 0 Å². The number of nitrogen functional groups attached to an aromatic ring is 1. The monoisotopic (exact) mass is 309 g/mol. The minimum absolute atomic E-state index is 0.0947. The lowest BCUT2D eigenvalue weighted by atomic mass is 10.2. The van der Waals surface area contributed by atoms with Gasteiger partial charge in [-0.05, 0) is 24.6 Å². The van der Waals surface area contributed by atoms with E-state index in [-0.39, 0.29) is 16.3 Å². The average Bonchev–Trinajstić information content (AvgIpc) is 2.33. The Morgan fingerprint density at radius 1 is 1.15 bits per heavy atom. The maximum absolute atomic E-state index is 12.5. The summed E-state index contributed by atoms with van der Waals surface area (Å²) in [5, 5.41) is 0. The van der Waals surface area contributed by atoms with Gasteiger partial charge in [0.25, 0.3) is 0 Å². The summed E-state index contributed by atoms with van der Waals surface area (Å²) in [7, 11) is -3.63. The zero-order chi connectivity index (χ0) is 15.4. The summed E-state index contributed by atoms with van der Waals surface area (Å²) in [4.78, 5) is -0.220. The number of hydrogen-bond acceptors (Lipinski definition) is 3. The Morgan fingerprint density at radius 2 is 1.80 bits per heavy atom. The molecular formula is C13H18F3NO2S. The molecule has 0 bridgehead atoms. The van der Waals surface area contributed by atoms with Gasteiger partial charge < -0.3 is 5.73 Å². The smallest absolute Gasteiger partial charge is 0.398 e. The van der Waals surface area contributed by atoms with Gasteiger partial charge in [-0.2, -0.15) is 13.2 Å². The van der Waals surface area contributed by atoms with Crippen LogP contribution in [0.3, 0.4) is 0 Å². The number of anilines is 1. The molecule has 0 aliphatic rings. The topological polar surface area (TPSA) is 60.2 Å². The molecule has 0 fully saturated rings. The van der Waals surface area contributed by atoms with Crippen molar-refractivity contribution in [1.29, 1.82) is 0 Å². The van der Waals surface area contributed by atoms with Crippen LogP contribution in [0.1, 0.15) is 38.2 Å². The Hall–Kier alpha value is -1.24. The number of alkyl halides is 3. The molecule has 1 aromatic carbocycles. The lowest BCUT2D eigenvalue weighted by Crippen LogP contribution is -2.12. The van der Waals surface area contributed by atoms with Crippen LogP contribution in [0.5, 0.6) is 0 Å². The third-order valence-corrected chi connectivity index (χ3v) is 4.81. The Balaban J connectivity index is 2.91. The molecule has 3 nitrogen and oxygen atoms in total. The second-order valence-corrected chi connectivity index (χ2v) is 6.71. The third kappa shape index (κ3) is 4.40. The van der Waals surface area contributed by atoms with Gasteiger partial charge in [-0.1, -0.05) is 26.2 Å². The minimum Gasteiger partial charge on any atom is -0.398 e. The molecule has 0 heterocycles. The maximum atomic E-state index is 12.5. The molecule has 7 heteroatoms. The van der Waals surface area contributed by atoms with Crippen LogP contribution in [-0.2, 0) is 16.0 Å². The molecule has 0 atom stereocenters. The van der Waals surface area contributed by atoms with E-state index in [1.165, 1.54) is 0 Å². The van der Waals surface area contributed by atoms with Gasteiger partial charge >= 0.3 is 6.18 Å². The van der Waals surface area contributed by atoms with Crippen molar-refractivity contribution < 1.29 is 21.6 Å². The van der Waals surface area contributed by atoms with Crippen LogP contribution in [0.4, 0.5) is 18.9 Å². The van der Waals surface area contributed by atoms with E-state index in [0.29, 0.717) is 12.5 Å². The molecule has 0 spiro atoms. The molecule has 0 aromatic heterocycles. The van der Waals surface area contributed by atoms with Gasteiger partial charge in [0, 0.05) is 0 Å². The molecule has 1 rings (SSSR count). The zero-order valence-electron chi connectivity index (χ0n) is 11.2. The first-order chi connectivity index (χ1) is 9.18. The fourth-order valence-electron chi connectivity index (χ4n) is 1.84. The molecule has 1 aromatic rings. The number of unbranched alkanes of at least 4 members (excludes halogenated alkanes) is 3. The summed E-state index contributed by atoms with van der Waals surface area (Å²) in [5.74, 6) is -0.0947. The van der Waals surface area contributed by atoms with Crippen LogP contribution in [0.15, 0.2) is 23.1 Å². The molecule has 0 saturated carbocycles. The molecular weight excluding hydrogens is 291 g/mol. The molecule has 0 radical (unpaired) electrons. The summed E-state index contributed by atoms with van der Waals surface area (Å²) < 4.78 is 61.5. The highest BCUT2D eigenvalue weighted by molar-refractivity contribution is 7.91. The quantitative estimate of drug-likeness (QED) is 0.644. The first kappa shape index (κ1) is 16.8. The third-order valence-electron chi connectivity index (χ3n) is 2.94. The molecule has 0 amide bonds. The van der Waals surface area contributed by atoms with E-state index in [9.17, 15) is 21.6 Å². The van der Waals surface area contributed by atoms with E-state index in [0.717, 1.165) is 31.4 Å². The van der Waals surface area contributed by atoms with Crippen LogP contribution in [-0.4, -0.2) is 14.2 Å². The van der Waals surface area contributed by atoms with E-state index in [1.54, 1.807) is 0 Å². The van der Waals surface area contributed by atoms with E-state index in [2.05, 4.69) is 0 Å². The second kappa shape index (κ2) is 6.47. The van der Waals surface area contributed by atoms with Gasteiger partial charge in [-0.15, -0.1) is 0 Å². The highest BCUT2D eigenvalue weighted by Gasteiger charge is 2.31. The Bertz CT molecular complexity index is 553. The molecule has 0 aliphatic heterocycles. The second-order valence-electron chi connectivity index (χ2n) is 4.63. The number of halogens is 3. The van der Waals surface area contributed by atoms with Gasteiger partial charge in [-0.25, -0.2) is 8.42 Å². The van der Waals surface area contributed by atoms with Crippen LogP contribution in [0.25, 0.3) is 0 Å². The van der Waals surface area contributed by atoms with Crippen molar-refractivity contribution in [2.75, 3.05) is 11.5 Å². The predicted molar refractivity (Wildman–Crippen MR) is 72.1 cm³/mol. The minimum atomic E-state index is -4.53. The average molecular weight is 309 g/mol. The van der Waals surface area contributed by atoms with Crippen molar-refractivity contribution in [2.24, 2.45) is 0 Å². The lowest BCUT2D eigenvalue weighted by molar-refractivity contribution is -0.137. The van der Waals surface area contributed by atoms with Gasteiger partial charge in [0.2, 0.25) is 0 Å². The number of sulfone groups is 1. The molecule has 20 heavy (non-hydrogen) atoms. The van der Waals surface area contributed by atoms with Crippen molar-refractivity contribution in [2.45, 2.75) is 43.7 Å². The first-order valence-electron chi connectivity index (χ1n) is 6.38. The van der Waals surface area contributed by atoms with Crippen LogP contribution in [0, 0.1) is 0 Å².